The summed E-state index contributed by atoms with van der Waals surface area (Å²) in [6.07, 6.45) is 1.38. The molecule has 0 bridgehead atoms. The number of ether oxygens (including phenoxy) is 1. The van der Waals surface area contributed by atoms with Gasteiger partial charge in [0.1, 0.15) is 0 Å². The van der Waals surface area contributed by atoms with Gasteiger partial charge >= 0.3 is 5.97 Å². The molecule has 0 saturated heterocycles. The third-order valence-electron chi connectivity index (χ3n) is 5.06. The minimum absolute atomic E-state index is 0.0279. The Hall–Kier alpha value is -3.48. The van der Waals surface area contributed by atoms with Gasteiger partial charge in [-0.2, -0.15) is 0 Å². The van der Waals surface area contributed by atoms with Crippen LogP contribution in [0.1, 0.15) is 36.1 Å². The fourth-order valence-corrected chi connectivity index (χ4v) is 3.10. The number of para-hydroxylation sites is 1. The molecule has 1 aromatic heterocycles. The van der Waals surface area contributed by atoms with Gasteiger partial charge in [-0.15, -0.1) is 0 Å². The lowest BCUT2D eigenvalue weighted by molar-refractivity contribution is -0.148. The molecule has 156 valence electrons. The summed E-state index contributed by atoms with van der Waals surface area (Å²) in [4.78, 5) is 40.7. The van der Waals surface area contributed by atoms with Crippen LogP contribution in [0.25, 0.3) is 10.9 Å². The van der Waals surface area contributed by atoms with Gasteiger partial charge in [0.25, 0.3) is 11.5 Å². The Morgan fingerprint density at radius 1 is 1.13 bits per heavy atom. The molecule has 1 N–H and O–H groups in total. The Morgan fingerprint density at radius 2 is 1.90 bits per heavy atom. The molecule has 3 aromatic rings. The summed E-state index contributed by atoms with van der Waals surface area (Å²) in [5, 5.41) is 3.31. The van der Waals surface area contributed by atoms with E-state index in [0.717, 1.165) is 11.1 Å². The Bertz CT molecular complexity index is 1140. The Kier molecular flexibility index (Phi) is 6.61. The smallest absolute Gasteiger partial charge is 0.308 e. The molecule has 0 saturated carbocycles. The maximum atomic E-state index is 12.4. The molecule has 1 atom stereocenters. The van der Waals surface area contributed by atoms with Gasteiger partial charge in [0.15, 0.2) is 6.61 Å². The number of aromatic nitrogens is 2. The molecular formula is C23H25N3O4. The highest BCUT2D eigenvalue weighted by atomic mass is 16.5. The van der Waals surface area contributed by atoms with Crippen LogP contribution in [0.4, 0.5) is 0 Å². The van der Waals surface area contributed by atoms with E-state index >= 15 is 0 Å². The van der Waals surface area contributed by atoms with Crippen LogP contribution in [0.5, 0.6) is 0 Å². The van der Waals surface area contributed by atoms with Crippen LogP contribution >= 0.6 is 0 Å². The number of carbonyl (C=O) groups is 2. The summed E-state index contributed by atoms with van der Waals surface area (Å²) in [5.41, 5.74) is 3.72. The van der Waals surface area contributed by atoms with Crippen molar-refractivity contribution >= 4 is 22.8 Å². The number of nitrogens with zero attached hydrogens (tertiary/aromatic N) is 2. The van der Waals surface area contributed by atoms with Gasteiger partial charge in [-0.3, -0.25) is 19.0 Å². The third-order valence-corrected chi connectivity index (χ3v) is 5.06. The molecule has 3 rings (SSSR count). The second-order valence-electron chi connectivity index (χ2n) is 7.30. The average molecular weight is 407 g/mol. The quantitative estimate of drug-likeness (QED) is 0.608. The molecule has 0 aliphatic rings. The van der Waals surface area contributed by atoms with Crippen molar-refractivity contribution in [3.05, 3.63) is 75.8 Å². The van der Waals surface area contributed by atoms with Gasteiger partial charge in [0.05, 0.1) is 29.7 Å². The van der Waals surface area contributed by atoms with Crippen LogP contribution in [0.3, 0.4) is 0 Å². The van der Waals surface area contributed by atoms with Gasteiger partial charge in [0.2, 0.25) is 0 Å². The van der Waals surface area contributed by atoms with Crippen molar-refractivity contribution in [3.8, 4) is 0 Å². The van der Waals surface area contributed by atoms with Crippen LogP contribution in [0.15, 0.2) is 53.6 Å². The van der Waals surface area contributed by atoms with E-state index in [1.54, 1.807) is 18.2 Å². The first-order valence-electron chi connectivity index (χ1n) is 9.81. The fourth-order valence-electron chi connectivity index (χ4n) is 3.10. The van der Waals surface area contributed by atoms with Crippen molar-refractivity contribution in [3.63, 3.8) is 0 Å². The van der Waals surface area contributed by atoms with E-state index in [9.17, 15) is 14.4 Å². The zero-order chi connectivity index (χ0) is 21.7. The third kappa shape index (κ3) is 5.11. The number of benzene rings is 2. The SMILES string of the molecule is Cc1ccc(C(C)NC(=O)COC(=O)CCn2cnc3ccccc3c2=O)cc1C. The van der Waals surface area contributed by atoms with Crippen molar-refractivity contribution in [1.29, 1.82) is 0 Å². The van der Waals surface area contributed by atoms with Crippen LogP contribution in [0.2, 0.25) is 0 Å². The van der Waals surface area contributed by atoms with E-state index in [4.69, 9.17) is 4.74 Å². The highest BCUT2D eigenvalue weighted by Gasteiger charge is 2.13. The summed E-state index contributed by atoms with van der Waals surface area (Å²) in [6, 6.07) is 12.8. The second kappa shape index (κ2) is 9.35. The molecule has 1 amide bonds. The summed E-state index contributed by atoms with van der Waals surface area (Å²) in [7, 11) is 0. The first-order chi connectivity index (χ1) is 14.3. The van der Waals surface area contributed by atoms with Gasteiger partial charge in [0, 0.05) is 6.54 Å². The topological polar surface area (TPSA) is 90.3 Å². The zero-order valence-corrected chi connectivity index (χ0v) is 17.3. The number of nitrogens with one attached hydrogen (secondary N) is 1. The maximum absolute atomic E-state index is 12.4. The van der Waals surface area contributed by atoms with Gasteiger partial charge in [-0.1, -0.05) is 30.3 Å². The lowest BCUT2D eigenvalue weighted by atomic mass is 10.0. The highest BCUT2D eigenvalue weighted by molar-refractivity contribution is 5.81. The molecule has 0 radical (unpaired) electrons. The van der Waals surface area contributed by atoms with Crippen molar-refractivity contribution in [2.24, 2.45) is 0 Å². The molecule has 7 heteroatoms. The minimum Gasteiger partial charge on any atom is -0.456 e. The van der Waals surface area contributed by atoms with Gasteiger partial charge in [-0.05, 0) is 49.6 Å². The first kappa shape index (κ1) is 21.2. The largest absolute Gasteiger partial charge is 0.456 e. The van der Waals surface area contributed by atoms with Crippen molar-refractivity contribution in [1.82, 2.24) is 14.9 Å². The summed E-state index contributed by atoms with van der Waals surface area (Å²) < 4.78 is 6.41. The highest BCUT2D eigenvalue weighted by Crippen LogP contribution is 2.16. The van der Waals surface area contributed by atoms with Gasteiger partial charge < -0.3 is 10.1 Å². The number of esters is 1. The number of rotatable bonds is 7. The van der Waals surface area contributed by atoms with Crippen LogP contribution in [-0.4, -0.2) is 28.0 Å². The lowest BCUT2D eigenvalue weighted by Gasteiger charge is -2.16. The van der Waals surface area contributed by atoms with Crippen molar-refractivity contribution < 1.29 is 14.3 Å². The fraction of sp³-hybridized carbons (Fsp3) is 0.304. The number of carbonyl (C=O) groups excluding carboxylic acids is 2. The molecule has 1 unspecified atom stereocenters. The number of amides is 1. The summed E-state index contributed by atoms with van der Waals surface area (Å²) in [5.74, 6) is -0.928. The van der Waals surface area contributed by atoms with Crippen molar-refractivity contribution in [2.75, 3.05) is 6.61 Å². The molecule has 0 aliphatic heterocycles. The minimum atomic E-state index is -0.552. The molecule has 30 heavy (non-hydrogen) atoms. The number of fused-ring (bicyclic) bond motifs is 1. The van der Waals surface area contributed by atoms with E-state index in [-0.39, 0.29) is 37.1 Å². The first-order valence-corrected chi connectivity index (χ1v) is 9.81. The number of hydrogen-bond donors (Lipinski definition) is 1. The van der Waals surface area contributed by atoms with Crippen LogP contribution in [0, 0.1) is 13.8 Å². The molecular weight excluding hydrogens is 382 g/mol. The molecule has 0 spiro atoms. The van der Waals surface area contributed by atoms with E-state index < -0.39 is 5.97 Å². The summed E-state index contributed by atoms with van der Waals surface area (Å²) >= 11 is 0. The predicted molar refractivity (Wildman–Crippen MR) is 114 cm³/mol. The Labute approximate surface area is 174 Å². The number of hydrogen-bond acceptors (Lipinski definition) is 5. The summed E-state index contributed by atoms with van der Waals surface area (Å²) in [6.45, 7) is 5.70. The van der Waals surface area contributed by atoms with Crippen molar-refractivity contribution in [2.45, 2.75) is 39.8 Å². The molecule has 2 aromatic carbocycles. The average Bonchev–Trinajstić information content (AvgIpc) is 2.74. The van der Waals surface area contributed by atoms with E-state index in [1.807, 2.05) is 45.0 Å². The Morgan fingerprint density at radius 3 is 2.67 bits per heavy atom. The zero-order valence-electron chi connectivity index (χ0n) is 17.3. The maximum Gasteiger partial charge on any atom is 0.308 e. The predicted octanol–water partition coefficient (Wildman–Crippen LogP) is 2.82. The molecule has 0 aliphatic carbocycles. The van der Waals surface area contributed by atoms with E-state index in [2.05, 4.69) is 10.3 Å². The van der Waals surface area contributed by atoms with Crippen LogP contribution in [-0.2, 0) is 20.9 Å². The molecule has 7 nitrogen and oxygen atoms in total. The normalized spacial score (nSPS) is 11.8. The van der Waals surface area contributed by atoms with Gasteiger partial charge in [-0.25, -0.2) is 4.98 Å². The van der Waals surface area contributed by atoms with Crippen LogP contribution < -0.4 is 10.9 Å². The van der Waals surface area contributed by atoms with E-state index in [0.29, 0.717) is 10.9 Å². The lowest BCUT2D eigenvalue weighted by Crippen LogP contribution is -2.31. The molecule has 1 heterocycles. The second-order valence-corrected chi connectivity index (χ2v) is 7.30. The number of aryl methyl sites for hydroxylation is 3. The monoisotopic (exact) mass is 407 g/mol. The standard InChI is InChI=1S/C23H25N3O4/c1-15-8-9-18(12-16(15)2)17(3)25-21(27)13-30-22(28)10-11-26-14-24-20-7-5-4-6-19(20)23(26)29/h4-9,12,14,17H,10-11,13H2,1-3H3,(H,25,27). The van der Waals surface area contributed by atoms with E-state index in [1.165, 1.54) is 16.5 Å². The molecule has 0 fully saturated rings. The Balaban J connectivity index is 1.48.